The molecular formula is C19H17F3IN3. The Morgan fingerprint density at radius 3 is 2.50 bits per heavy atom. The van der Waals surface area contributed by atoms with Crippen LogP contribution in [0.1, 0.15) is 35.5 Å². The van der Waals surface area contributed by atoms with Gasteiger partial charge in [-0.25, -0.2) is 9.97 Å². The Morgan fingerprint density at radius 1 is 1.08 bits per heavy atom. The van der Waals surface area contributed by atoms with E-state index in [4.69, 9.17) is 0 Å². The number of alkyl halides is 3. The number of nitrogens with zero attached hydrogens (tertiary/aromatic N) is 2. The molecule has 1 N–H and O–H groups in total. The molecule has 136 valence electrons. The van der Waals surface area contributed by atoms with E-state index in [9.17, 15) is 13.2 Å². The number of halogens is 4. The summed E-state index contributed by atoms with van der Waals surface area (Å²) in [5, 5.41) is 4.11. The van der Waals surface area contributed by atoms with Crippen LogP contribution in [0.4, 0.5) is 19.0 Å². The molecular weight excluding hydrogens is 454 g/mol. The van der Waals surface area contributed by atoms with Crippen LogP contribution >= 0.6 is 22.6 Å². The van der Waals surface area contributed by atoms with Crippen LogP contribution in [0.15, 0.2) is 36.4 Å². The molecule has 0 bridgehead atoms. The second kappa shape index (κ2) is 7.02. The van der Waals surface area contributed by atoms with Crippen molar-refractivity contribution in [3.63, 3.8) is 0 Å². The first-order valence-corrected chi connectivity index (χ1v) is 9.12. The smallest absolute Gasteiger partial charge is 0.363 e. The van der Waals surface area contributed by atoms with Crippen molar-refractivity contribution in [2.45, 2.75) is 33.0 Å². The van der Waals surface area contributed by atoms with Gasteiger partial charge in [0, 0.05) is 8.96 Å². The molecule has 0 aliphatic heterocycles. The van der Waals surface area contributed by atoms with E-state index in [1.807, 2.05) is 25.1 Å². The lowest BCUT2D eigenvalue weighted by Crippen LogP contribution is -2.14. The Labute approximate surface area is 163 Å². The number of aryl methyl sites for hydroxylation is 1. The van der Waals surface area contributed by atoms with Crippen LogP contribution in [-0.2, 0) is 6.18 Å². The van der Waals surface area contributed by atoms with E-state index in [1.54, 1.807) is 13.0 Å². The summed E-state index contributed by atoms with van der Waals surface area (Å²) >= 11 is 2.21. The van der Waals surface area contributed by atoms with Gasteiger partial charge in [0.05, 0.1) is 17.1 Å². The lowest BCUT2D eigenvalue weighted by molar-refractivity contribution is -0.138. The van der Waals surface area contributed by atoms with Gasteiger partial charge in [-0.15, -0.1) is 0 Å². The maximum Gasteiger partial charge on any atom is 0.416 e. The molecule has 0 fully saturated rings. The lowest BCUT2D eigenvalue weighted by Gasteiger charge is -2.21. The van der Waals surface area contributed by atoms with Crippen molar-refractivity contribution in [2.24, 2.45) is 0 Å². The largest absolute Gasteiger partial charge is 0.416 e. The van der Waals surface area contributed by atoms with Gasteiger partial charge in [0.25, 0.3) is 0 Å². The molecule has 7 heteroatoms. The van der Waals surface area contributed by atoms with Gasteiger partial charge >= 0.3 is 6.18 Å². The van der Waals surface area contributed by atoms with Crippen LogP contribution < -0.4 is 5.32 Å². The van der Waals surface area contributed by atoms with Crippen LogP contribution in [-0.4, -0.2) is 9.97 Å². The highest BCUT2D eigenvalue weighted by molar-refractivity contribution is 14.1. The molecule has 2 aromatic carbocycles. The van der Waals surface area contributed by atoms with Crippen molar-refractivity contribution in [3.05, 3.63) is 62.5 Å². The first kappa shape index (κ1) is 18.9. The number of hydrogen-bond donors (Lipinski definition) is 1. The number of hydrogen-bond acceptors (Lipinski definition) is 3. The number of fused-ring (bicyclic) bond motifs is 1. The molecule has 0 radical (unpaired) electrons. The normalized spacial score (nSPS) is 13.0. The second-order valence-electron chi connectivity index (χ2n) is 6.16. The van der Waals surface area contributed by atoms with E-state index in [1.165, 1.54) is 13.0 Å². The summed E-state index contributed by atoms with van der Waals surface area (Å²) in [5.41, 5.74) is 1.01. The zero-order chi connectivity index (χ0) is 19.1. The Hall–Kier alpha value is -1.90. The van der Waals surface area contributed by atoms with Crippen molar-refractivity contribution in [2.75, 3.05) is 5.32 Å². The number of rotatable bonds is 3. The molecule has 3 rings (SSSR count). The Kier molecular flexibility index (Phi) is 5.09. The van der Waals surface area contributed by atoms with Crippen LogP contribution in [0, 0.1) is 17.4 Å². The van der Waals surface area contributed by atoms with Gasteiger partial charge in [0.2, 0.25) is 0 Å². The number of nitrogens with one attached hydrogen (secondary N) is 1. The molecule has 0 unspecified atom stereocenters. The van der Waals surface area contributed by atoms with Gasteiger partial charge in [-0.05, 0) is 78.8 Å². The highest BCUT2D eigenvalue weighted by Gasteiger charge is 2.33. The van der Waals surface area contributed by atoms with Gasteiger partial charge in [-0.1, -0.05) is 12.1 Å². The molecule has 1 atom stereocenters. The Morgan fingerprint density at radius 2 is 1.81 bits per heavy atom. The van der Waals surface area contributed by atoms with Crippen molar-refractivity contribution < 1.29 is 13.2 Å². The summed E-state index contributed by atoms with van der Waals surface area (Å²) in [6.07, 6.45) is -4.37. The van der Waals surface area contributed by atoms with Crippen molar-refractivity contribution in [3.8, 4) is 0 Å². The third-order valence-electron chi connectivity index (χ3n) is 4.27. The van der Waals surface area contributed by atoms with Crippen molar-refractivity contribution >= 4 is 39.3 Å². The van der Waals surface area contributed by atoms with Crippen LogP contribution in [0.2, 0.25) is 0 Å². The molecule has 1 aromatic heterocycles. The molecule has 0 saturated carbocycles. The van der Waals surface area contributed by atoms with Gasteiger partial charge in [0.15, 0.2) is 0 Å². The molecule has 1 heterocycles. The summed E-state index contributed by atoms with van der Waals surface area (Å²) < 4.78 is 40.6. The average Bonchev–Trinajstić information content (AvgIpc) is 2.54. The third-order valence-corrected chi connectivity index (χ3v) is 4.94. The molecule has 3 nitrogen and oxygen atoms in total. The van der Waals surface area contributed by atoms with Gasteiger partial charge < -0.3 is 5.32 Å². The fraction of sp³-hybridized carbons (Fsp3) is 0.263. The lowest BCUT2D eigenvalue weighted by atomic mass is 9.97. The van der Waals surface area contributed by atoms with Crippen molar-refractivity contribution in [1.29, 1.82) is 0 Å². The minimum Gasteiger partial charge on any atom is -0.363 e. The highest BCUT2D eigenvalue weighted by Crippen LogP contribution is 2.35. The predicted octanol–water partition coefficient (Wildman–Crippen LogP) is 6.04. The van der Waals surface area contributed by atoms with Crippen LogP contribution in [0.25, 0.3) is 10.9 Å². The Bertz CT molecular complexity index is 970. The SMILES string of the molecule is Cc1nc(N[C@H](C)c2cccc(C(F)(F)F)c2C)c2cc(I)ccc2n1. The van der Waals surface area contributed by atoms with E-state index in [2.05, 4.69) is 37.9 Å². The minimum atomic E-state index is -4.37. The van der Waals surface area contributed by atoms with Crippen LogP contribution in [0.3, 0.4) is 0 Å². The number of aromatic nitrogens is 2. The molecule has 0 amide bonds. The fourth-order valence-corrected chi connectivity index (χ4v) is 3.53. The highest BCUT2D eigenvalue weighted by atomic mass is 127. The van der Waals surface area contributed by atoms with Crippen LogP contribution in [0.5, 0.6) is 0 Å². The topological polar surface area (TPSA) is 37.8 Å². The molecule has 26 heavy (non-hydrogen) atoms. The predicted molar refractivity (Wildman–Crippen MR) is 105 cm³/mol. The molecule has 0 aliphatic rings. The molecule has 0 saturated heterocycles. The first-order chi connectivity index (χ1) is 12.2. The summed E-state index contributed by atoms with van der Waals surface area (Å²) in [5.74, 6) is 1.23. The van der Waals surface area contributed by atoms with E-state index in [-0.39, 0.29) is 11.6 Å². The summed E-state index contributed by atoms with van der Waals surface area (Å²) in [6.45, 7) is 5.13. The molecule has 0 spiro atoms. The van der Waals surface area contributed by atoms with Gasteiger partial charge in [0.1, 0.15) is 11.6 Å². The monoisotopic (exact) mass is 471 g/mol. The maximum atomic E-state index is 13.2. The Balaban J connectivity index is 2.03. The summed E-state index contributed by atoms with van der Waals surface area (Å²) in [6, 6.07) is 9.75. The van der Waals surface area contributed by atoms with E-state index in [0.29, 0.717) is 17.2 Å². The van der Waals surface area contributed by atoms with Crippen molar-refractivity contribution in [1.82, 2.24) is 9.97 Å². The second-order valence-corrected chi connectivity index (χ2v) is 7.41. The fourth-order valence-electron chi connectivity index (χ4n) is 3.04. The van der Waals surface area contributed by atoms with Gasteiger partial charge in [-0.3, -0.25) is 0 Å². The minimum absolute atomic E-state index is 0.227. The first-order valence-electron chi connectivity index (χ1n) is 8.04. The average molecular weight is 471 g/mol. The zero-order valence-electron chi connectivity index (χ0n) is 14.4. The standard InChI is InChI=1S/C19H17F3IN3/c1-10-14(5-4-6-16(10)19(20,21)22)11(2)24-18-15-9-13(23)7-8-17(15)25-12(3)26-18/h4-9,11H,1-3H3,(H,24,25,26)/t11-/m1/s1. The van der Waals surface area contributed by atoms with Gasteiger partial charge in [-0.2, -0.15) is 13.2 Å². The molecule has 3 aromatic rings. The van der Waals surface area contributed by atoms with E-state index >= 15 is 0 Å². The van der Waals surface area contributed by atoms with E-state index in [0.717, 1.165) is 20.5 Å². The number of anilines is 1. The third kappa shape index (κ3) is 3.77. The zero-order valence-corrected chi connectivity index (χ0v) is 16.6. The molecule has 0 aliphatic carbocycles. The van der Waals surface area contributed by atoms with E-state index < -0.39 is 11.7 Å². The maximum absolute atomic E-state index is 13.2. The number of benzene rings is 2. The summed E-state index contributed by atoms with van der Waals surface area (Å²) in [4.78, 5) is 8.88. The quantitative estimate of drug-likeness (QED) is 0.474. The summed E-state index contributed by atoms with van der Waals surface area (Å²) in [7, 11) is 0.